The third-order valence-corrected chi connectivity index (χ3v) is 3.26. The van der Waals surface area contributed by atoms with Crippen LogP contribution in [0, 0.1) is 0 Å². The number of fused-ring (bicyclic) bond motifs is 1. The molecule has 0 radical (unpaired) electrons. The number of H-pyrrole nitrogens is 1. The van der Waals surface area contributed by atoms with Gasteiger partial charge in [-0.3, -0.25) is 4.79 Å². The van der Waals surface area contributed by atoms with E-state index in [0.717, 1.165) is 12.1 Å². The van der Waals surface area contributed by atoms with E-state index in [2.05, 4.69) is 48.5 Å². The van der Waals surface area contributed by atoms with E-state index in [9.17, 15) is 4.79 Å². The van der Waals surface area contributed by atoms with Crippen LogP contribution >= 0.6 is 0 Å². The summed E-state index contributed by atoms with van der Waals surface area (Å²) >= 11 is 0. The summed E-state index contributed by atoms with van der Waals surface area (Å²) in [7, 11) is 0. The maximum Gasteiger partial charge on any atom is 0.143 e. The standard InChI is InChI=1S/C15H20N2O/c1-11(18)8-16-10-15(2,3)13-9-17-14-7-5-4-6-12(13)14/h4-7,9,16-17H,8,10H2,1-3H3. The molecule has 0 fully saturated rings. The molecule has 1 heterocycles. The number of hydrogen-bond acceptors (Lipinski definition) is 2. The minimum absolute atomic E-state index is 0.00491. The Bertz CT molecular complexity index is 554. The summed E-state index contributed by atoms with van der Waals surface area (Å²) in [6.45, 7) is 7.21. The van der Waals surface area contributed by atoms with Gasteiger partial charge >= 0.3 is 0 Å². The number of carbonyl (C=O) groups excluding carboxylic acids is 1. The number of nitrogens with one attached hydrogen (secondary N) is 2. The molecule has 0 spiro atoms. The highest BCUT2D eigenvalue weighted by Crippen LogP contribution is 2.29. The Morgan fingerprint density at radius 3 is 2.78 bits per heavy atom. The van der Waals surface area contributed by atoms with Gasteiger partial charge in [0.05, 0.1) is 6.54 Å². The average molecular weight is 244 g/mol. The molecule has 96 valence electrons. The molecule has 0 aliphatic rings. The molecule has 1 aromatic heterocycles. The first-order valence-corrected chi connectivity index (χ1v) is 6.27. The monoisotopic (exact) mass is 244 g/mol. The zero-order chi connectivity index (χ0) is 13.2. The number of ketones is 1. The van der Waals surface area contributed by atoms with Crippen LogP contribution in [-0.2, 0) is 10.2 Å². The van der Waals surface area contributed by atoms with Crippen LogP contribution in [0.3, 0.4) is 0 Å². The molecule has 0 amide bonds. The van der Waals surface area contributed by atoms with Crippen molar-refractivity contribution >= 4 is 16.7 Å². The van der Waals surface area contributed by atoms with Gasteiger partial charge < -0.3 is 10.3 Å². The quantitative estimate of drug-likeness (QED) is 0.849. The molecular formula is C15H20N2O. The van der Waals surface area contributed by atoms with Crippen molar-refractivity contribution in [2.45, 2.75) is 26.2 Å². The van der Waals surface area contributed by atoms with E-state index in [0.29, 0.717) is 6.54 Å². The Morgan fingerprint density at radius 1 is 1.33 bits per heavy atom. The second-order valence-electron chi connectivity index (χ2n) is 5.44. The molecule has 18 heavy (non-hydrogen) atoms. The van der Waals surface area contributed by atoms with Crippen LogP contribution in [0.15, 0.2) is 30.5 Å². The van der Waals surface area contributed by atoms with Gasteiger partial charge in [0.15, 0.2) is 0 Å². The highest BCUT2D eigenvalue weighted by molar-refractivity contribution is 5.84. The Balaban J connectivity index is 2.20. The van der Waals surface area contributed by atoms with E-state index in [1.165, 1.54) is 10.9 Å². The van der Waals surface area contributed by atoms with Crippen LogP contribution in [0.4, 0.5) is 0 Å². The molecule has 0 saturated heterocycles. The summed E-state index contributed by atoms with van der Waals surface area (Å²) in [5.41, 5.74) is 2.44. The SMILES string of the molecule is CC(=O)CNCC(C)(C)c1c[nH]c2ccccc12. The third-order valence-electron chi connectivity index (χ3n) is 3.26. The van der Waals surface area contributed by atoms with Gasteiger partial charge in [0.1, 0.15) is 5.78 Å². The molecule has 0 aliphatic carbocycles. The highest BCUT2D eigenvalue weighted by atomic mass is 16.1. The first-order valence-electron chi connectivity index (χ1n) is 6.27. The van der Waals surface area contributed by atoms with Gasteiger partial charge in [0.2, 0.25) is 0 Å². The molecule has 2 rings (SSSR count). The lowest BCUT2D eigenvalue weighted by molar-refractivity contribution is -0.116. The summed E-state index contributed by atoms with van der Waals surface area (Å²) in [6.07, 6.45) is 2.07. The Labute approximate surface area is 108 Å². The van der Waals surface area contributed by atoms with Crippen molar-refractivity contribution in [2.75, 3.05) is 13.1 Å². The van der Waals surface area contributed by atoms with Crippen LogP contribution in [0.2, 0.25) is 0 Å². The summed E-state index contributed by atoms with van der Waals surface area (Å²) in [5.74, 6) is 0.171. The van der Waals surface area contributed by atoms with Crippen molar-refractivity contribution in [3.05, 3.63) is 36.0 Å². The van der Waals surface area contributed by atoms with Crippen molar-refractivity contribution in [1.82, 2.24) is 10.3 Å². The minimum atomic E-state index is -0.00491. The molecule has 0 atom stereocenters. The van der Waals surface area contributed by atoms with Crippen LogP contribution in [0.1, 0.15) is 26.3 Å². The van der Waals surface area contributed by atoms with Crippen molar-refractivity contribution in [3.63, 3.8) is 0 Å². The summed E-state index contributed by atoms with van der Waals surface area (Å²) < 4.78 is 0. The van der Waals surface area contributed by atoms with E-state index in [-0.39, 0.29) is 11.2 Å². The van der Waals surface area contributed by atoms with E-state index in [1.807, 2.05) is 6.07 Å². The molecule has 3 heteroatoms. The van der Waals surface area contributed by atoms with Crippen molar-refractivity contribution in [1.29, 1.82) is 0 Å². The summed E-state index contributed by atoms with van der Waals surface area (Å²) in [4.78, 5) is 14.3. The molecule has 0 saturated carbocycles. The van der Waals surface area contributed by atoms with Crippen LogP contribution < -0.4 is 5.32 Å². The lowest BCUT2D eigenvalue weighted by atomic mass is 9.84. The minimum Gasteiger partial charge on any atom is -0.361 e. The maximum atomic E-state index is 11.0. The topological polar surface area (TPSA) is 44.9 Å². The normalized spacial score (nSPS) is 11.9. The average Bonchev–Trinajstić information content (AvgIpc) is 2.72. The number of aromatic amines is 1. The van der Waals surface area contributed by atoms with Gasteiger partial charge in [0, 0.05) is 29.1 Å². The Kier molecular flexibility index (Phi) is 3.53. The number of benzene rings is 1. The van der Waals surface area contributed by atoms with Gasteiger partial charge in [-0.15, -0.1) is 0 Å². The molecule has 1 aromatic carbocycles. The molecule has 2 aromatic rings. The molecule has 0 aliphatic heterocycles. The van der Waals surface area contributed by atoms with Gasteiger partial charge in [-0.2, -0.15) is 0 Å². The second-order valence-corrected chi connectivity index (χ2v) is 5.44. The largest absolute Gasteiger partial charge is 0.361 e. The lowest BCUT2D eigenvalue weighted by Crippen LogP contribution is -2.35. The van der Waals surface area contributed by atoms with Crippen LogP contribution in [0.25, 0.3) is 10.9 Å². The second kappa shape index (κ2) is 4.94. The fraction of sp³-hybridized carbons (Fsp3) is 0.400. The lowest BCUT2D eigenvalue weighted by Gasteiger charge is -2.24. The number of Topliss-reactive ketones (excluding diaryl/α,β-unsaturated/α-hetero) is 1. The molecule has 2 N–H and O–H groups in total. The Morgan fingerprint density at radius 2 is 2.06 bits per heavy atom. The zero-order valence-corrected chi connectivity index (χ0v) is 11.2. The van der Waals surface area contributed by atoms with E-state index in [4.69, 9.17) is 0 Å². The summed E-state index contributed by atoms with van der Waals surface area (Å²) in [6, 6.07) is 8.30. The van der Waals surface area contributed by atoms with E-state index < -0.39 is 0 Å². The molecular weight excluding hydrogens is 224 g/mol. The number of rotatable bonds is 5. The van der Waals surface area contributed by atoms with Crippen molar-refractivity contribution < 1.29 is 4.79 Å². The summed E-state index contributed by atoms with van der Waals surface area (Å²) in [5, 5.41) is 4.47. The molecule has 0 bridgehead atoms. The van der Waals surface area contributed by atoms with Gasteiger partial charge in [-0.05, 0) is 18.6 Å². The van der Waals surface area contributed by atoms with Gasteiger partial charge in [0.25, 0.3) is 0 Å². The fourth-order valence-corrected chi connectivity index (χ4v) is 2.28. The smallest absolute Gasteiger partial charge is 0.143 e. The number of carbonyl (C=O) groups is 1. The molecule has 0 unspecified atom stereocenters. The number of hydrogen-bond donors (Lipinski definition) is 2. The van der Waals surface area contributed by atoms with Crippen LogP contribution in [-0.4, -0.2) is 23.9 Å². The van der Waals surface area contributed by atoms with E-state index in [1.54, 1.807) is 6.92 Å². The van der Waals surface area contributed by atoms with Crippen molar-refractivity contribution in [2.24, 2.45) is 0 Å². The van der Waals surface area contributed by atoms with Crippen LogP contribution in [0.5, 0.6) is 0 Å². The van der Waals surface area contributed by atoms with Gasteiger partial charge in [-0.25, -0.2) is 0 Å². The first-order chi connectivity index (χ1) is 8.50. The highest BCUT2D eigenvalue weighted by Gasteiger charge is 2.23. The number of aromatic nitrogens is 1. The first kappa shape index (κ1) is 12.8. The predicted molar refractivity (Wildman–Crippen MR) is 74.9 cm³/mol. The number of para-hydroxylation sites is 1. The third kappa shape index (κ3) is 2.62. The van der Waals surface area contributed by atoms with Crippen molar-refractivity contribution in [3.8, 4) is 0 Å². The fourth-order valence-electron chi connectivity index (χ4n) is 2.28. The predicted octanol–water partition coefficient (Wildman–Crippen LogP) is 2.62. The Hall–Kier alpha value is -1.61. The zero-order valence-electron chi connectivity index (χ0n) is 11.2. The van der Waals surface area contributed by atoms with E-state index >= 15 is 0 Å². The molecule has 3 nitrogen and oxygen atoms in total. The maximum absolute atomic E-state index is 11.0. The van der Waals surface area contributed by atoms with Gasteiger partial charge in [-0.1, -0.05) is 32.0 Å².